The van der Waals surface area contributed by atoms with Crippen molar-refractivity contribution in [2.75, 3.05) is 9.80 Å². The lowest BCUT2D eigenvalue weighted by molar-refractivity contribution is 0.669. The molecular formula is C66H38N4O2. The van der Waals surface area contributed by atoms with Crippen LogP contribution in [0.4, 0.5) is 34.1 Å². The zero-order chi connectivity index (χ0) is 58.9. The fourth-order valence-electron chi connectivity index (χ4n) is 11.5. The first-order chi connectivity index (χ1) is 41.6. The molecule has 11 aromatic carbocycles. The first-order valence-electron chi connectivity index (χ1n) is 30.5. The lowest BCUT2D eigenvalue weighted by Crippen LogP contribution is -2.10. The summed E-state index contributed by atoms with van der Waals surface area (Å²) in [5.74, 6) is 0. The second kappa shape index (κ2) is 13.9. The number of nitrogens with zero attached hydrogens (tertiary/aromatic N) is 4. The van der Waals surface area contributed by atoms with E-state index in [1.807, 2.05) is 146 Å². The third kappa shape index (κ3) is 4.87. The topological polar surface area (TPSA) is 41.6 Å². The van der Waals surface area contributed by atoms with Crippen molar-refractivity contribution in [2.45, 2.75) is 0 Å². The second-order valence-corrected chi connectivity index (χ2v) is 18.1. The Labute approximate surface area is 429 Å². The van der Waals surface area contributed by atoms with Crippen LogP contribution in [0.1, 0.15) is 19.2 Å². The molecule has 72 heavy (non-hydrogen) atoms. The predicted molar refractivity (Wildman–Crippen MR) is 300 cm³/mol. The molecule has 0 amide bonds. The van der Waals surface area contributed by atoms with Crippen LogP contribution in [-0.2, 0) is 0 Å². The quantitative estimate of drug-likeness (QED) is 0.167. The van der Waals surface area contributed by atoms with Gasteiger partial charge >= 0.3 is 0 Å². The van der Waals surface area contributed by atoms with Crippen molar-refractivity contribution in [1.82, 2.24) is 8.80 Å². The summed E-state index contributed by atoms with van der Waals surface area (Å²) in [4.78, 5) is 3.48. The summed E-state index contributed by atoms with van der Waals surface area (Å²) >= 11 is 0. The van der Waals surface area contributed by atoms with Crippen molar-refractivity contribution in [3.63, 3.8) is 0 Å². The Balaban J connectivity index is 1.05. The highest BCUT2D eigenvalue weighted by atomic mass is 16.3. The van der Waals surface area contributed by atoms with Crippen LogP contribution in [0.2, 0.25) is 0 Å². The summed E-state index contributed by atoms with van der Waals surface area (Å²) < 4.78 is 154. The summed E-state index contributed by atoms with van der Waals surface area (Å²) in [7, 11) is 0. The van der Waals surface area contributed by atoms with Gasteiger partial charge in [0.15, 0.2) is 11.2 Å². The van der Waals surface area contributed by atoms with Gasteiger partial charge in [-0.05, 0) is 84.8 Å². The fraction of sp³-hybridized carbons (Fsp3) is 0. The Kier molecular flexibility index (Phi) is 5.31. The highest BCUT2D eigenvalue weighted by molar-refractivity contribution is 6.31. The van der Waals surface area contributed by atoms with Gasteiger partial charge in [-0.25, -0.2) is 0 Å². The maximum absolute atomic E-state index is 10.6. The lowest BCUT2D eigenvalue weighted by atomic mass is 10.0. The van der Waals surface area contributed by atoms with Crippen LogP contribution in [0.3, 0.4) is 0 Å². The highest BCUT2D eigenvalue weighted by Crippen LogP contribution is 2.52. The number of rotatable bonds is 6. The zero-order valence-electron chi connectivity index (χ0n) is 51.5. The summed E-state index contributed by atoms with van der Waals surface area (Å²) in [6.07, 6.45) is 0. The molecule has 0 atom stereocenters. The Morgan fingerprint density at radius 2 is 0.722 bits per heavy atom. The molecule has 0 saturated heterocycles. The standard InChI is InChI=1S/C66H38N4O2/c1-3-17-39(18-4-1)67(55-33-13-25-45-41-21-7-9-35-59(41)71-65(45)55)51-29-15-31-53-61(51)47-27-11-23-43-49-38-58-50(37-57(49)69(53)63(43)47)44-24-12-28-48-62-52(30-16-32-54(62)70(58)64(44)48)68(40-19-5-2-6-20-40)56-34-14-26-46-42-22-8-10-36-60(42)72-66(46)56/h1-38H/i11D,12D,15D,16D,23D,24D,27D,28D,29D,30D,31D,32D,37D,38D. The molecule has 17 aromatic rings. The number of benzene rings is 11. The minimum Gasteiger partial charge on any atom is -0.454 e. The summed E-state index contributed by atoms with van der Waals surface area (Å²) in [6, 6.07) is 37.9. The fourth-order valence-corrected chi connectivity index (χ4v) is 11.5. The zero-order valence-corrected chi connectivity index (χ0v) is 37.5. The highest BCUT2D eigenvalue weighted by Gasteiger charge is 2.28. The number of fused-ring (bicyclic) bond motifs is 18. The number of hydrogen-bond donors (Lipinski definition) is 0. The molecule has 0 aliphatic carbocycles. The Morgan fingerprint density at radius 3 is 1.19 bits per heavy atom. The largest absolute Gasteiger partial charge is 0.454 e. The van der Waals surface area contributed by atoms with Crippen molar-refractivity contribution in [1.29, 1.82) is 0 Å². The maximum Gasteiger partial charge on any atom is 0.159 e. The van der Waals surface area contributed by atoms with Crippen LogP contribution in [0.5, 0.6) is 0 Å². The first-order valence-corrected chi connectivity index (χ1v) is 23.5. The van der Waals surface area contributed by atoms with Gasteiger partial charge < -0.3 is 27.4 Å². The van der Waals surface area contributed by atoms with E-state index in [4.69, 9.17) is 8.83 Å². The normalized spacial score (nSPS) is 15.2. The summed E-state index contributed by atoms with van der Waals surface area (Å²) in [5.41, 5.74) is 3.98. The SMILES string of the molecule is [2H]c1c([2H])c([2H])c2c(c1N(c1ccccc1)c1cccc3c1oc1ccccc13)c1c([2H])c([2H])c([2H])c3c4c([2H])c5c(c([2H])c4n2c13)c1c([2H])c([2H])c([2H])c2c3c(N(c4ccccc4)c4cccc6c4oc4ccccc46)c([2H])c([2H])c([2H])c3n5c21. The van der Waals surface area contributed by atoms with Gasteiger partial charge in [-0.2, -0.15) is 0 Å². The average molecular weight is 933 g/mol. The van der Waals surface area contributed by atoms with E-state index in [-0.39, 0.29) is 99.6 Å². The predicted octanol–water partition coefficient (Wildman–Crippen LogP) is 18.7. The van der Waals surface area contributed by atoms with Gasteiger partial charge in [0.1, 0.15) is 11.2 Å². The van der Waals surface area contributed by atoms with E-state index in [0.29, 0.717) is 45.1 Å². The Bertz CT molecular complexity index is 5560. The van der Waals surface area contributed by atoms with Gasteiger partial charge in [-0.1, -0.05) is 145 Å². The Hall–Kier alpha value is -9.78. The van der Waals surface area contributed by atoms with Crippen molar-refractivity contribution in [2.24, 2.45) is 0 Å². The smallest absolute Gasteiger partial charge is 0.159 e. The van der Waals surface area contributed by atoms with Gasteiger partial charge in [0.05, 0.1) is 75.0 Å². The van der Waals surface area contributed by atoms with Crippen LogP contribution in [0.15, 0.2) is 239 Å². The molecule has 6 heteroatoms. The molecule has 6 aromatic heterocycles. The molecule has 0 fully saturated rings. The minimum atomic E-state index is -0.556. The monoisotopic (exact) mass is 932 g/mol. The van der Waals surface area contributed by atoms with E-state index in [9.17, 15) is 19.2 Å². The minimum absolute atomic E-state index is 0.0175. The number of hydrogen-bond acceptors (Lipinski definition) is 4. The lowest BCUT2D eigenvalue weighted by Gasteiger charge is -2.26. The summed E-state index contributed by atoms with van der Waals surface area (Å²) in [5, 5.41) is 3.17. The van der Waals surface area contributed by atoms with Crippen molar-refractivity contribution < 1.29 is 28.0 Å². The van der Waals surface area contributed by atoms with Gasteiger partial charge in [-0.3, -0.25) is 0 Å². The number of furan rings is 2. The van der Waals surface area contributed by atoms with E-state index < -0.39 is 72.5 Å². The third-order valence-corrected chi connectivity index (χ3v) is 14.4. The molecule has 0 radical (unpaired) electrons. The van der Waals surface area contributed by atoms with Gasteiger partial charge in [0.2, 0.25) is 0 Å². The van der Waals surface area contributed by atoms with Crippen LogP contribution >= 0.6 is 0 Å². The van der Waals surface area contributed by atoms with Crippen molar-refractivity contribution >= 4 is 154 Å². The van der Waals surface area contributed by atoms with E-state index in [1.54, 1.807) is 9.80 Å². The number of aromatic nitrogens is 2. The average Bonchev–Trinajstić information content (AvgIpc) is 1.50. The molecule has 6 heterocycles. The molecule has 0 saturated carbocycles. The van der Waals surface area contributed by atoms with E-state index in [2.05, 4.69) is 0 Å². The molecule has 0 N–H and O–H groups in total. The van der Waals surface area contributed by atoms with Crippen molar-refractivity contribution in [3.8, 4) is 0 Å². The molecule has 0 unspecified atom stereocenters. The molecule has 17 rings (SSSR count). The third-order valence-electron chi connectivity index (χ3n) is 14.4. The first kappa shape index (κ1) is 27.4. The maximum atomic E-state index is 10.6. The van der Waals surface area contributed by atoms with Crippen LogP contribution < -0.4 is 9.80 Å². The van der Waals surface area contributed by atoms with Gasteiger partial charge in [0.25, 0.3) is 0 Å². The van der Waals surface area contributed by atoms with E-state index >= 15 is 0 Å². The number of para-hydroxylation sites is 8. The second-order valence-electron chi connectivity index (χ2n) is 18.1. The molecule has 0 aliphatic heterocycles. The molecule has 0 bridgehead atoms. The molecule has 334 valence electrons. The molecule has 0 aliphatic rings. The van der Waals surface area contributed by atoms with Gasteiger partial charge in [-0.15, -0.1) is 0 Å². The Morgan fingerprint density at radius 1 is 0.319 bits per heavy atom. The van der Waals surface area contributed by atoms with Crippen molar-refractivity contribution in [3.05, 3.63) is 230 Å². The van der Waals surface area contributed by atoms with Crippen LogP contribution in [0.25, 0.3) is 120 Å². The van der Waals surface area contributed by atoms with E-state index in [1.165, 1.54) is 8.80 Å². The van der Waals surface area contributed by atoms with Crippen LogP contribution in [0, 0.1) is 0 Å². The molecular weight excluding hydrogens is 881 g/mol. The molecule has 0 spiro atoms. The number of anilines is 6. The summed E-state index contributed by atoms with van der Waals surface area (Å²) in [6.45, 7) is 0. The van der Waals surface area contributed by atoms with E-state index in [0.717, 1.165) is 21.5 Å². The van der Waals surface area contributed by atoms with Crippen LogP contribution in [-0.4, -0.2) is 8.80 Å². The van der Waals surface area contributed by atoms with Gasteiger partial charge in [0, 0.05) is 76.0 Å². The molecule has 6 nitrogen and oxygen atoms in total.